The minimum Gasteiger partial charge on any atom is -0.444 e. The lowest BCUT2D eigenvalue weighted by atomic mass is 9.96. The lowest BCUT2D eigenvalue weighted by Crippen LogP contribution is -2.54. The van der Waals surface area contributed by atoms with Crippen LogP contribution < -0.4 is 10.6 Å². The molecule has 0 bridgehead atoms. The second kappa shape index (κ2) is 15.6. The maximum absolute atomic E-state index is 14.4. The highest BCUT2D eigenvalue weighted by molar-refractivity contribution is 5.99. The van der Waals surface area contributed by atoms with Gasteiger partial charge in [0.1, 0.15) is 17.7 Å². The van der Waals surface area contributed by atoms with E-state index in [0.29, 0.717) is 12.2 Å². The van der Waals surface area contributed by atoms with Crippen molar-refractivity contribution in [3.05, 3.63) is 64.7 Å². The molecule has 0 aliphatic rings. The Bertz CT molecular complexity index is 1170. The summed E-state index contributed by atoms with van der Waals surface area (Å²) in [6.07, 6.45) is 4.34. The summed E-state index contributed by atoms with van der Waals surface area (Å²) in [6, 6.07) is 11.8. The van der Waals surface area contributed by atoms with Crippen LogP contribution in [0.3, 0.4) is 0 Å². The van der Waals surface area contributed by atoms with E-state index in [1.165, 1.54) is 0 Å². The van der Waals surface area contributed by atoms with Crippen LogP contribution in [0.15, 0.2) is 42.5 Å². The molecule has 2 atom stereocenters. The number of hydrogen-bond acceptors (Lipinski definition) is 4. The molecular formula is C34H51N3O4. The predicted octanol–water partition coefficient (Wildman–Crippen LogP) is 7.64. The van der Waals surface area contributed by atoms with Crippen LogP contribution in [0.1, 0.15) is 102 Å². The van der Waals surface area contributed by atoms with Crippen LogP contribution in [0, 0.1) is 26.7 Å². The zero-order valence-corrected chi connectivity index (χ0v) is 26.6. The van der Waals surface area contributed by atoms with Gasteiger partial charge >= 0.3 is 6.09 Å². The van der Waals surface area contributed by atoms with Gasteiger partial charge in [-0.15, -0.1) is 0 Å². The molecule has 0 aliphatic carbocycles. The Morgan fingerprint density at radius 3 is 2.12 bits per heavy atom. The molecule has 3 amide bonds. The van der Waals surface area contributed by atoms with Crippen LogP contribution >= 0.6 is 0 Å². The van der Waals surface area contributed by atoms with Gasteiger partial charge in [0.25, 0.3) is 5.91 Å². The van der Waals surface area contributed by atoms with Gasteiger partial charge in [0.2, 0.25) is 5.91 Å². The standard InChI is InChI=1S/C34H51N3O4/c1-10-11-12-13-16-21-37(32(39)29(23(2)3)36-33(40)41-34(7,8)9)30(27-20-19-24(4)26(6)22-27)31(38)35-28-18-15-14-17-25(28)5/h14-15,17-20,22-23,29-30H,10-13,16,21H2,1-9H3,(H,35,38)(H,36,40). The number of anilines is 1. The lowest BCUT2D eigenvalue weighted by molar-refractivity contribution is -0.141. The van der Waals surface area contributed by atoms with Crippen LogP contribution in [-0.4, -0.2) is 41.0 Å². The molecule has 2 aromatic carbocycles. The number of nitrogens with one attached hydrogen (secondary N) is 2. The molecule has 0 saturated carbocycles. The number of para-hydroxylation sites is 1. The topological polar surface area (TPSA) is 87.7 Å². The van der Waals surface area contributed by atoms with Crippen molar-refractivity contribution >= 4 is 23.6 Å². The maximum Gasteiger partial charge on any atom is 0.408 e. The second-order valence-corrected chi connectivity index (χ2v) is 12.4. The predicted molar refractivity (Wildman–Crippen MR) is 167 cm³/mol. The molecule has 2 rings (SSSR count). The highest BCUT2D eigenvalue weighted by atomic mass is 16.6. The first-order chi connectivity index (χ1) is 19.2. The molecule has 7 nitrogen and oxygen atoms in total. The maximum atomic E-state index is 14.4. The molecule has 0 saturated heterocycles. The Kier molecular flexibility index (Phi) is 12.9. The molecular weight excluding hydrogens is 514 g/mol. The molecule has 41 heavy (non-hydrogen) atoms. The molecule has 2 aromatic rings. The Morgan fingerprint density at radius 1 is 0.878 bits per heavy atom. The van der Waals surface area contributed by atoms with Crippen molar-refractivity contribution in [2.24, 2.45) is 5.92 Å². The Hall–Kier alpha value is -3.35. The largest absolute Gasteiger partial charge is 0.444 e. The fraction of sp³-hybridized carbons (Fsp3) is 0.559. The van der Waals surface area contributed by atoms with E-state index in [-0.39, 0.29) is 17.7 Å². The summed E-state index contributed by atoms with van der Waals surface area (Å²) in [5.74, 6) is -0.814. The third-order valence-electron chi connectivity index (χ3n) is 7.20. The van der Waals surface area contributed by atoms with Crippen LogP contribution in [0.2, 0.25) is 0 Å². The Labute approximate surface area is 247 Å². The van der Waals surface area contributed by atoms with Gasteiger partial charge in [0.05, 0.1) is 0 Å². The molecule has 7 heteroatoms. The summed E-state index contributed by atoms with van der Waals surface area (Å²) in [7, 11) is 0. The van der Waals surface area contributed by atoms with Crippen molar-refractivity contribution in [1.29, 1.82) is 0 Å². The summed E-state index contributed by atoms with van der Waals surface area (Å²) in [5.41, 5.74) is 3.82. The van der Waals surface area contributed by atoms with Crippen molar-refractivity contribution in [2.45, 2.75) is 112 Å². The van der Waals surface area contributed by atoms with E-state index in [2.05, 4.69) is 17.6 Å². The Balaban J connectivity index is 2.56. The van der Waals surface area contributed by atoms with E-state index in [4.69, 9.17) is 4.74 Å². The molecule has 0 radical (unpaired) electrons. The number of nitrogens with zero attached hydrogens (tertiary/aromatic N) is 1. The molecule has 0 heterocycles. The smallest absolute Gasteiger partial charge is 0.408 e. The van der Waals surface area contributed by atoms with Crippen molar-refractivity contribution < 1.29 is 19.1 Å². The van der Waals surface area contributed by atoms with Crippen molar-refractivity contribution in [3.8, 4) is 0 Å². The van der Waals surface area contributed by atoms with Gasteiger partial charge in [-0.2, -0.15) is 0 Å². The molecule has 226 valence electrons. The number of rotatable bonds is 13. The Morgan fingerprint density at radius 2 is 1.54 bits per heavy atom. The average molecular weight is 566 g/mol. The molecule has 2 N–H and O–H groups in total. The summed E-state index contributed by atoms with van der Waals surface area (Å²) in [4.78, 5) is 42.9. The van der Waals surface area contributed by atoms with Crippen LogP contribution in [0.5, 0.6) is 0 Å². The van der Waals surface area contributed by atoms with Crippen molar-refractivity contribution in [1.82, 2.24) is 10.2 Å². The second-order valence-electron chi connectivity index (χ2n) is 12.4. The third-order valence-corrected chi connectivity index (χ3v) is 7.20. The summed E-state index contributed by atoms with van der Waals surface area (Å²) in [6.45, 7) is 17.7. The monoisotopic (exact) mass is 565 g/mol. The van der Waals surface area contributed by atoms with Crippen LogP contribution in [0.25, 0.3) is 0 Å². The summed E-state index contributed by atoms with van der Waals surface area (Å²) >= 11 is 0. The number of unbranched alkanes of at least 4 members (excludes halogenated alkanes) is 4. The summed E-state index contributed by atoms with van der Waals surface area (Å²) < 4.78 is 5.49. The normalized spacial score (nSPS) is 12.9. The zero-order chi connectivity index (χ0) is 30.7. The number of amides is 3. The molecule has 2 unspecified atom stereocenters. The molecule has 0 aliphatic heterocycles. The van der Waals surface area contributed by atoms with Crippen LogP contribution in [-0.2, 0) is 14.3 Å². The minimum atomic E-state index is -0.880. The summed E-state index contributed by atoms with van der Waals surface area (Å²) in [5, 5.41) is 5.89. The molecule has 0 spiro atoms. The fourth-order valence-electron chi connectivity index (χ4n) is 4.70. The molecule has 0 fully saturated rings. The van der Waals surface area contributed by atoms with Gasteiger partial charge in [-0.1, -0.05) is 82.9 Å². The average Bonchev–Trinajstić information content (AvgIpc) is 2.88. The highest BCUT2D eigenvalue weighted by Crippen LogP contribution is 2.28. The van der Waals surface area contributed by atoms with Gasteiger partial charge < -0.3 is 20.3 Å². The van der Waals surface area contributed by atoms with Gasteiger partial charge in [-0.3, -0.25) is 9.59 Å². The van der Waals surface area contributed by atoms with Gasteiger partial charge in [-0.25, -0.2) is 4.79 Å². The third kappa shape index (κ3) is 10.5. The van der Waals surface area contributed by atoms with E-state index in [0.717, 1.165) is 54.4 Å². The SMILES string of the molecule is CCCCCCCN(C(=O)C(NC(=O)OC(C)(C)C)C(C)C)C(C(=O)Nc1ccccc1C)c1ccc(C)c(C)c1. The van der Waals surface area contributed by atoms with E-state index >= 15 is 0 Å². The van der Waals surface area contributed by atoms with E-state index < -0.39 is 23.8 Å². The number of aryl methyl sites for hydroxylation is 3. The fourth-order valence-corrected chi connectivity index (χ4v) is 4.70. The zero-order valence-electron chi connectivity index (χ0n) is 26.6. The lowest BCUT2D eigenvalue weighted by Gasteiger charge is -2.36. The van der Waals surface area contributed by atoms with E-state index in [9.17, 15) is 14.4 Å². The quantitative estimate of drug-likeness (QED) is 0.244. The van der Waals surface area contributed by atoms with Crippen LogP contribution in [0.4, 0.5) is 10.5 Å². The first-order valence-electron chi connectivity index (χ1n) is 15.0. The number of ether oxygens (including phenoxy) is 1. The van der Waals surface area contributed by atoms with E-state index in [1.807, 2.05) is 77.1 Å². The van der Waals surface area contributed by atoms with E-state index in [1.54, 1.807) is 25.7 Å². The van der Waals surface area contributed by atoms with Gasteiger partial charge in [0, 0.05) is 12.2 Å². The van der Waals surface area contributed by atoms with Gasteiger partial charge in [0.15, 0.2) is 0 Å². The minimum absolute atomic E-state index is 0.225. The first kappa shape index (κ1) is 33.9. The number of benzene rings is 2. The first-order valence-corrected chi connectivity index (χ1v) is 15.0. The van der Waals surface area contributed by atoms with Gasteiger partial charge in [-0.05, 0) is 82.2 Å². The van der Waals surface area contributed by atoms with Crippen molar-refractivity contribution in [2.75, 3.05) is 11.9 Å². The highest BCUT2D eigenvalue weighted by Gasteiger charge is 2.37. The number of hydrogen-bond donors (Lipinski definition) is 2. The number of carbonyl (C=O) groups excluding carboxylic acids is 3. The molecule has 0 aromatic heterocycles. The number of carbonyl (C=O) groups is 3. The number of alkyl carbamates (subject to hydrolysis) is 1. The van der Waals surface area contributed by atoms with Crippen molar-refractivity contribution in [3.63, 3.8) is 0 Å².